The van der Waals surface area contributed by atoms with E-state index in [-0.39, 0.29) is 55.9 Å². The van der Waals surface area contributed by atoms with Crippen molar-refractivity contribution in [2.75, 3.05) is 37.9 Å². The van der Waals surface area contributed by atoms with Crippen LogP contribution in [0, 0.1) is 18.6 Å². The summed E-state index contributed by atoms with van der Waals surface area (Å²) >= 11 is 6.33. The van der Waals surface area contributed by atoms with Gasteiger partial charge in [-0.2, -0.15) is 4.98 Å². The Kier molecular flexibility index (Phi) is 7.81. The third-order valence-corrected chi connectivity index (χ3v) is 9.08. The molecule has 1 fully saturated rings. The third kappa shape index (κ3) is 5.14. The van der Waals surface area contributed by atoms with Crippen molar-refractivity contribution < 1.29 is 18.1 Å². The molecule has 218 valence electrons. The van der Waals surface area contributed by atoms with Gasteiger partial charge in [-0.25, -0.2) is 13.6 Å². The van der Waals surface area contributed by atoms with Gasteiger partial charge in [0.1, 0.15) is 30.0 Å². The predicted octanol–water partition coefficient (Wildman–Crippen LogP) is 5.16. The molecule has 2 aromatic carbocycles. The Hall–Kier alpha value is -3.88. The van der Waals surface area contributed by atoms with Crippen LogP contribution in [0.3, 0.4) is 0 Å². The lowest BCUT2D eigenvalue weighted by Gasteiger charge is -2.40. The largest absolute Gasteiger partial charge is 0.354 e. The van der Waals surface area contributed by atoms with Gasteiger partial charge in [-0.3, -0.25) is 14.3 Å². The first-order valence-electron chi connectivity index (χ1n) is 13.2. The van der Waals surface area contributed by atoms with Gasteiger partial charge in [0.05, 0.1) is 16.2 Å². The maximum absolute atomic E-state index is 15.9. The van der Waals surface area contributed by atoms with Gasteiger partial charge in [0.25, 0.3) is 0 Å². The molecule has 1 saturated heterocycles. The number of fused-ring (bicyclic) bond motifs is 1. The SMILES string of the molecule is C=CC(=O)N1CCN(c2nc(=O)n(-c3c(C)ccnc3P(C)(C)=O)c3cc(-c4c(F)cccc4Cl)c(F)cc23)[C@@H](C)C1. The Morgan fingerprint density at radius 2 is 1.90 bits per heavy atom. The average Bonchev–Trinajstić information content (AvgIpc) is 2.92. The number of nitrogens with zero attached hydrogens (tertiary/aromatic N) is 5. The molecule has 0 spiro atoms. The van der Waals surface area contributed by atoms with Crippen LogP contribution in [0.15, 0.2) is 60.0 Å². The lowest BCUT2D eigenvalue weighted by molar-refractivity contribution is -0.126. The van der Waals surface area contributed by atoms with Crippen LogP contribution in [0.25, 0.3) is 27.7 Å². The number of carbonyl (C=O) groups is 1. The summed E-state index contributed by atoms with van der Waals surface area (Å²) in [5, 5.41) is 0.271. The molecule has 0 unspecified atom stereocenters. The number of hydrogen-bond acceptors (Lipinski definition) is 6. The second-order valence-electron chi connectivity index (χ2n) is 10.7. The second-order valence-corrected chi connectivity index (χ2v) is 14.2. The molecular weight excluding hydrogens is 583 g/mol. The van der Waals surface area contributed by atoms with E-state index in [2.05, 4.69) is 16.5 Å². The first-order chi connectivity index (χ1) is 19.8. The molecule has 8 nitrogen and oxygen atoms in total. The molecular formula is C30H29ClF2N5O3P. The molecule has 12 heteroatoms. The summed E-state index contributed by atoms with van der Waals surface area (Å²) in [6.07, 6.45) is 2.76. The fourth-order valence-corrected chi connectivity index (χ4v) is 6.82. The summed E-state index contributed by atoms with van der Waals surface area (Å²) in [5.41, 5.74) is 0.277. The molecule has 42 heavy (non-hydrogen) atoms. The molecule has 0 aliphatic carbocycles. The number of halogens is 3. The molecule has 3 heterocycles. The Bertz CT molecular complexity index is 1850. The number of aryl methyl sites for hydroxylation is 1. The van der Waals surface area contributed by atoms with Gasteiger partial charge in [-0.1, -0.05) is 24.2 Å². The fourth-order valence-electron chi connectivity index (χ4n) is 5.42. The molecule has 0 bridgehead atoms. The first kappa shape index (κ1) is 29.6. The van der Waals surface area contributed by atoms with E-state index in [9.17, 15) is 14.2 Å². The van der Waals surface area contributed by atoms with Crippen LogP contribution in [-0.4, -0.2) is 64.3 Å². The zero-order chi connectivity index (χ0) is 30.5. The number of carbonyl (C=O) groups excluding carboxylic acids is 1. The van der Waals surface area contributed by atoms with Gasteiger partial charge < -0.3 is 14.4 Å². The van der Waals surface area contributed by atoms with Crippen molar-refractivity contribution in [2.45, 2.75) is 19.9 Å². The minimum Gasteiger partial charge on any atom is -0.350 e. The molecule has 4 aromatic rings. The number of aromatic nitrogens is 3. The molecule has 0 radical (unpaired) electrons. The number of hydrogen-bond donors (Lipinski definition) is 0. The summed E-state index contributed by atoms with van der Waals surface area (Å²) < 4.78 is 45.6. The predicted molar refractivity (Wildman–Crippen MR) is 163 cm³/mol. The van der Waals surface area contributed by atoms with E-state index in [0.29, 0.717) is 25.2 Å². The summed E-state index contributed by atoms with van der Waals surface area (Å²) in [6, 6.07) is 8.03. The van der Waals surface area contributed by atoms with Crippen LogP contribution < -0.4 is 16.0 Å². The zero-order valence-electron chi connectivity index (χ0n) is 23.6. The highest BCUT2D eigenvalue weighted by atomic mass is 35.5. The van der Waals surface area contributed by atoms with Gasteiger partial charge in [0.2, 0.25) is 5.91 Å². The van der Waals surface area contributed by atoms with Crippen LogP contribution in [0.5, 0.6) is 0 Å². The monoisotopic (exact) mass is 611 g/mol. The zero-order valence-corrected chi connectivity index (χ0v) is 25.2. The van der Waals surface area contributed by atoms with Crippen molar-refractivity contribution in [3.8, 4) is 16.8 Å². The van der Waals surface area contributed by atoms with E-state index in [4.69, 9.17) is 11.6 Å². The quantitative estimate of drug-likeness (QED) is 0.229. The van der Waals surface area contributed by atoms with Crippen LogP contribution >= 0.6 is 18.7 Å². The van der Waals surface area contributed by atoms with Crippen molar-refractivity contribution in [2.24, 2.45) is 0 Å². The average molecular weight is 612 g/mol. The Labute approximate surface area is 246 Å². The molecule has 0 N–H and O–H groups in total. The number of amides is 1. The highest BCUT2D eigenvalue weighted by Crippen LogP contribution is 2.40. The molecule has 5 rings (SSSR count). The number of rotatable bonds is 5. The van der Waals surface area contributed by atoms with Crippen molar-refractivity contribution in [1.82, 2.24) is 19.4 Å². The highest BCUT2D eigenvalue weighted by Gasteiger charge is 2.31. The molecule has 1 amide bonds. The Morgan fingerprint density at radius 3 is 2.55 bits per heavy atom. The minimum absolute atomic E-state index is 0.00192. The van der Waals surface area contributed by atoms with E-state index in [0.717, 1.165) is 0 Å². The fraction of sp³-hybridized carbons (Fsp3) is 0.267. The van der Waals surface area contributed by atoms with Gasteiger partial charge in [0, 0.05) is 48.4 Å². The molecule has 0 saturated carbocycles. The summed E-state index contributed by atoms with van der Waals surface area (Å²) in [5.74, 6) is -1.50. The van der Waals surface area contributed by atoms with E-state index in [1.807, 2.05) is 11.8 Å². The van der Waals surface area contributed by atoms with Crippen molar-refractivity contribution in [1.29, 1.82) is 0 Å². The topological polar surface area (TPSA) is 88.4 Å². The third-order valence-electron chi connectivity index (χ3n) is 7.42. The normalized spacial score (nSPS) is 15.7. The van der Waals surface area contributed by atoms with Crippen molar-refractivity contribution in [3.05, 3.63) is 88.0 Å². The first-order valence-corrected chi connectivity index (χ1v) is 16.2. The van der Waals surface area contributed by atoms with Crippen LogP contribution in [0.4, 0.5) is 14.6 Å². The van der Waals surface area contributed by atoms with Crippen LogP contribution in [-0.2, 0) is 9.36 Å². The Balaban J connectivity index is 1.86. The molecule has 2 aromatic heterocycles. The van der Waals surface area contributed by atoms with E-state index < -0.39 is 24.5 Å². The smallest absolute Gasteiger partial charge is 0.350 e. The standard InChI is InChI=1S/C30H29ClF2N5O3P/c1-6-25(39)36-12-13-37(18(3)16-36)28-20-14-23(33)19(26-21(31)8-7-9-22(26)32)15-24(20)38(30(40)35-28)27-17(2)10-11-34-29(27)42(4,5)41/h6-11,14-15,18H,1,12-13,16H2,2-5H3/t18-/m0/s1. The van der Waals surface area contributed by atoms with Crippen LogP contribution in [0.2, 0.25) is 5.02 Å². The van der Waals surface area contributed by atoms with Crippen molar-refractivity contribution in [3.63, 3.8) is 0 Å². The number of benzene rings is 2. The Morgan fingerprint density at radius 1 is 1.17 bits per heavy atom. The maximum Gasteiger partial charge on any atom is 0.354 e. The van der Waals surface area contributed by atoms with Gasteiger partial charge in [-0.05, 0) is 69.1 Å². The summed E-state index contributed by atoms with van der Waals surface area (Å²) in [4.78, 5) is 38.5. The molecule has 1 aliphatic rings. The molecule has 1 atom stereocenters. The van der Waals surface area contributed by atoms with E-state index in [1.165, 1.54) is 47.2 Å². The highest BCUT2D eigenvalue weighted by molar-refractivity contribution is 7.70. The summed E-state index contributed by atoms with van der Waals surface area (Å²) in [7, 11) is -3.02. The number of piperazine rings is 1. The number of pyridine rings is 1. The lowest BCUT2D eigenvalue weighted by atomic mass is 10.0. The van der Waals surface area contributed by atoms with Gasteiger partial charge in [0.15, 0.2) is 0 Å². The molecule has 1 aliphatic heterocycles. The van der Waals surface area contributed by atoms with Gasteiger partial charge in [-0.15, -0.1) is 0 Å². The second kappa shape index (κ2) is 11.1. The lowest BCUT2D eigenvalue weighted by Crippen LogP contribution is -2.54. The maximum atomic E-state index is 15.9. The van der Waals surface area contributed by atoms with Crippen molar-refractivity contribution >= 4 is 46.8 Å². The number of anilines is 1. The van der Waals surface area contributed by atoms with Crippen LogP contribution in [0.1, 0.15) is 12.5 Å². The van der Waals surface area contributed by atoms with E-state index >= 15 is 8.78 Å². The van der Waals surface area contributed by atoms with Gasteiger partial charge >= 0.3 is 5.69 Å². The minimum atomic E-state index is -3.02. The van der Waals surface area contributed by atoms with E-state index in [1.54, 1.807) is 31.2 Å². The summed E-state index contributed by atoms with van der Waals surface area (Å²) in [6.45, 7) is 11.3.